The fourth-order valence-corrected chi connectivity index (χ4v) is 2.37. The van der Waals surface area contributed by atoms with E-state index in [-0.39, 0.29) is 12.6 Å². The highest BCUT2D eigenvalue weighted by molar-refractivity contribution is 5.82. The molecule has 2 aromatic rings. The minimum atomic E-state index is 0.160. The first kappa shape index (κ1) is 10.6. The summed E-state index contributed by atoms with van der Waals surface area (Å²) in [4.78, 5) is 2.25. The first-order chi connectivity index (χ1) is 8.38. The number of hydrogen-bond acceptors (Lipinski definition) is 4. The van der Waals surface area contributed by atoms with Crippen molar-refractivity contribution in [3.8, 4) is 0 Å². The van der Waals surface area contributed by atoms with Crippen LogP contribution in [0.3, 0.4) is 0 Å². The highest BCUT2D eigenvalue weighted by Gasteiger charge is 2.21. The van der Waals surface area contributed by atoms with Gasteiger partial charge in [0.2, 0.25) is 0 Å². The van der Waals surface area contributed by atoms with Gasteiger partial charge in [0.15, 0.2) is 0 Å². The van der Waals surface area contributed by atoms with E-state index >= 15 is 0 Å². The second-order valence-electron chi connectivity index (χ2n) is 4.38. The zero-order chi connectivity index (χ0) is 11.7. The van der Waals surface area contributed by atoms with Gasteiger partial charge in [-0.25, -0.2) is 0 Å². The molecule has 1 aromatic carbocycles. The Kier molecular flexibility index (Phi) is 2.70. The number of nitrogens with one attached hydrogen (secondary N) is 2. The van der Waals surface area contributed by atoms with Gasteiger partial charge in [0.1, 0.15) is 0 Å². The smallest absolute Gasteiger partial charge is 0.0651 e. The molecule has 0 saturated carbocycles. The van der Waals surface area contributed by atoms with E-state index in [4.69, 9.17) is 0 Å². The number of hydrogen-bond donors (Lipinski definition) is 3. The van der Waals surface area contributed by atoms with Crippen molar-refractivity contribution in [1.29, 1.82) is 0 Å². The molecule has 1 aliphatic heterocycles. The Labute approximate surface area is 99.4 Å². The lowest BCUT2D eigenvalue weighted by Crippen LogP contribution is -2.53. The van der Waals surface area contributed by atoms with Crippen LogP contribution in [0.25, 0.3) is 10.9 Å². The predicted octanol–water partition coefficient (Wildman–Crippen LogP) is 0.333. The number of benzene rings is 1. The third-order valence-electron chi connectivity index (χ3n) is 3.32. The number of anilines is 1. The molecule has 1 atom stereocenters. The minimum Gasteiger partial charge on any atom is -0.394 e. The molecule has 0 bridgehead atoms. The third kappa shape index (κ3) is 1.87. The molecular formula is C12H16N4O. The molecule has 90 valence electrons. The lowest BCUT2D eigenvalue weighted by atomic mass is 10.1. The van der Waals surface area contributed by atoms with Gasteiger partial charge in [-0.05, 0) is 18.2 Å². The molecule has 17 heavy (non-hydrogen) atoms. The Morgan fingerprint density at radius 3 is 3.29 bits per heavy atom. The van der Waals surface area contributed by atoms with Crippen molar-refractivity contribution in [3.05, 3.63) is 24.4 Å². The number of aliphatic hydroxyl groups excluding tert-OH is 1. The van der Waals surface area contributed by atoms with Gasteiger partial charge in [0, 0.05) is 30.7 Å². The van der Waals surface area contributed by atoms with E-state index in [1.54, 1.807) is 0 Å². The van der Waals surface area contributed by atoms with Crippen LogP contribution in [0.5, 0.6) is 0 Å². The van der Waals surface area contributed by atoms with Crippen molar-refractivity contribution in [1.82, 2.24) is 15.5 Å². The van der Waals surface area contributed by atoms with E-state index in [0.29, 0.717) is 0 Å². The highest BCUT2D eigenvalue weighted by atomic mass is 16.3. The molecule has 0 amide bonds. The maximum Gasteiger partial charge on any atom is 0.0651 e. The first-order valence-electron chi connectivity index (χ1n) is 5.90. The SMILES string of the molecule is OC[C@@H]1CNCCN1c1ccc2[nH]ncc2c1. The van der Waals surface area contributed by atoms with E-state index in [1.165, 1.54) is 0 Å². The van der Waals surface area contributed by atoms with Crippen LogP contribution in [0.15, 0.2) is 24.4 Å². The summed E-state index contributed by atoms with van der Waals surface area (Å²) in [5, 5.41) is 20.8. The second kappa shape index (κ2) is 4.35. The summed E-state index contributed by atoms with van der Waals surface area (Å²) in [5.41, 5.74) is 2.20. The van der Waals surface area contributed by atoms with Gasteiger partial charge in [0.05, 0.1) is 24.4 Å². The Morgan fingerprint density at radius 2 is 2.41 bits per heavy atom. The average molecular weight is 232 g/mol. The normalized spacial score (nSPS) is 21.0. The van der Waals surface area contributed by atoms with Crippen LogP contribution in [0.2, 0.25) is 0 Å². The molecular weight excluding hydrogens is 216 g/mol. The van der Waals surface area contributed by atoms with Crippen LogP contribution in [-0.4, -0.2) is 47.6 Å². The van der Waals surface area contributed by atoms with Gasteiger partial charge < -0.3 is 15.3 Å². The molecule has 1 saturated heterocycles. The van der Waals surface area contributed by atoms with Gasteiger partial charge in [0.25, 0.3) is 0 Å². The molecule has 3 rings (SSSR count). The molecule has 2 heterocycles. The van der Waals surface area contributed by atoms with Gasteiger partial charge in [-0.1, -0.05) is 0 Å². The predicted molar refractivity (Wildman–Crippen MR) is 67.2 cm³/mol. The fourth-order valence-electron chi connectivity index (χ4n) is 2.37. The van der Waals surface area contributed by atoms with E-state index in [1.807, 2.05) is 12.3 Å². The lowest BCUT2D eigenvalue weighted by molar-refractivity contribution is 0.246. The van der Waals surface area contributed by atoms with Crippen molar-refractivity contribution in [2.45, 2.75) is 6.04 Å². The van der Waals surface area contributed by atoms with Crippen molar-refractivity contribution in [2.24, 2.45) is 0 Å². The zero-order valence-corrected chi connectivity index (χ0v) is 9.56. The van der Waals surface area contributed by atoms with E-state index < -0.39 is 0 Å². The monoisotopic (exact) mass is 232 g/mol. The Hall–Kier alpha value is -1.59. The minimum absolute atomic E-state index is 0.160. The van der Waals surface area contributed by atoms with Crippen LogP contribution in [0.1, 0.15) is 0 Å². The van der Waals surface area contributed by atoms with Crippen molar-refractivity contribution < 1.29 is 5.11 Å². The van der Waals surface area contributed by atoms with Crippen LogP contribution in [0, 0.1) is 0 Å². The zero-order valence-electron chi connectivity index (χ0n) is 9.56. The largest absolute Gasteiger partial charge is 0.394 e. The molecule has 0 unspecified atom stereocenters. The summed E-state index contributed by atoms with van der Waals surface area (Å²) < 4.78 is 0. The summed E-state index contributed by atoms with van der Waals surface area (Å²) in [7, 11) is 0. The molecule has 0 radical (unpaired) electrons. The molecule has 0 aliphatic carbocycles. The fraction of sp³-hybridized carbons (Fsp3) is 0.417. The van der Waals surface area contributed by atoms with Gasteiger partial charge in [-0.3, -0.25) is 5.10 Å². The summed E-state index contributed by atoms with van der Waals surface area (Å²) in [5.74, 6) is 0. The summed E-state index contributed by atoms with van der Waals surface area (Å²) in [6, 6.07) is 6.39. The van der Waals surface area contributed by atoms with E-state index in [2.05, 4.69) is 32.5 Å². The van der Waals surface area contributed by atoms with Crippen LogP contribution >= 0.6 is 0 Å². The number of aliphatic hydroxyl groups is 1. The number of aromatic nitrogens is 2. The maximum absolute atomic E-state index is 9.40. The molecule has 1 aromatic heterocycles. The number of piperazine rings is 1. The molecule has 5 heteroatoms. The number of aromatic amines is 1. The summed E-state index contributed by atoms with van der Waals surface area (Å²) >= 11 is 0. The van der Waals surface area contributed by atoms with Crippen molar-refractivity contribution in [3.63, 3.8) is 0 Å². The van der Waals surface area contributed by atoms with Gasteiger partial charge in [-0.15, -0.1) is 0 Å². The number of nitrogens with zero attached hydrogens (tertiary/aromatic N) is 2. The lowest BCUT2D eigenvalue weighted by Gasteiger charge is -2.37. The third-order valence-corrected chi connectivity index (χ3v) is 3.32. The molecule has 3 N–H and O–H groups in total. The topological polar surface area (TPSA) is 64.2 Å². The van der Waals surface area contributed by atoms with Crippen molar-refractivity contribution in [2.75, 3.05) is 31.1 Å². The summed E-state index contributed by atoms with van der Waals surface area (Å²) in [6.07, 6.45) is 1.83. The number of fused-ring (bicyclic) bond motifs is 1. The van der Waals surface area contributed by atoms with Crippen molar-refractivity contribution >= 4 is 16.6 Å². The molecule has 0 spiro atoms. The van der Waals surface area contributed by atoms with E-state index in [9.17, 15) is 5.11 Å². The van der Waals surface area contributed by atoms with Gasteiger partial charge >= 0.3 is 0 Å². The number of rotatable bonds is 2. The van der Waals surface area contributed by atoms with Crippen LogP contribution in [-0.2, 0) is 0 Å². The van der Waals surface area contributed by atoms with Crippen LogP contribution < -0.4 is 10.2 Å². The molecule has 1 fully saturated rings. The second-order valence-corrected chi connectivity index (χ2v) is 4.38. The van der Waals surface area contributed by atoms with Crippen LogP contribution in [0.4, 0.5) is 5.69 Å². The summed E-state index contributed by atoms with van der Waals surface area (Å²) in [6.45, 7) is 2.89. The quantitative estimate of drug-likeness (QED) is 0.698. The molecule has 5 nitrogen and oxygen atoms in total. The maximum atomic E-state index is 9.40. The Balaban J connectivity index is 1.95. The first-order valence-corrected chi connectivity index (χ1v) is 5.90. The molecule has 1 aliphatic rings. The number of H-pyrrole nitrogens is 1. The average Bonchev–Trinajstić information content (AvgIpc) is 2.85. The highest BCUT2D eigenvalue weighted by Crippen LogP contribution is 2.22. The van der Waals surface area contributed by atoms with E-state index in [0.717, 1.165) is 36.2 Å². The Bertz CT molecular complexity index is 510. The Morgan fingerprint density at radius 1 is 1.47 bits per heavy atom. The van der Waals surface area contributed by atoms with Gasteiger partial charge in [-0.2, -0.15) is 5.10 Å². The standard InChI is InChI=1S/C12H16N4O/c17-8-11-7-13-3-4-16(11)10-1-2-12-9(5-10)6-14-15-12/h1-2,5-6,11,13,17H,3-4,7-8H2,(H,14,15)/t11-/m0/s1.